The van der Waals surface area contributed by atoms with Crippen LogP contribution >= 0.6 is 23.2 Å². The van der Waals surface area contributed by atoms with Gasteiger partial charge in [-0.1, -0.05) is 35.3 Å². The molecule has 0 aliphatic carbocycles. The van der Waals surface area contributed by atoms with E-state index in [1.807, 2.05) is 0 Å². The summed E-state index contributed by atoms with van der Waals surface area (Å²) in [6.45, 7) is 1.78. The van der Waals surface area contributed by atoms with Crippen LogP contribution in [0.5, 0.6) is 11.5 Å². The maximum Gasteiger partial charge on any atom is 0.248 e. The highest BCUT2D eigenvalue weighted by atomic mass is 35.5. The lowest BCUT2D eigenvalue weighted by atomic mass is 10.2. The minimum absolute atomic E-state index is 0.0452. The predicted octanol–water partition coefficient (Wildman–Crippen LogP) is 6.92. The highest BCUT2D eigenvalue weighted by Gasteiger charge is 2.12. The molecule has 12 heteroatoms. The van der Waals surface area contributed by atoms with Crippen molar-refractivity contribution < 1.29 is 27.2 Å². The number of aryl methyl sites for hydroxylation is 1. The molecule has 3 aromatic carbocycles. The smallest absolute Gasteiger partial charge is 0.248 e. The first-order valence-corrected chi connectivity index (χ1v) is 13.6. The Labute approximate surface area is 235 Å². The molecule has 0 bridgehead atoms. The lowest BCUT2D eigenvalue weighted by molar-refractivity contribution is -0.111. The summed E-state index contributed by atoms with van der Waals surface area (Å²) in [4.78, 5) is 12.4. The quantitative estimate of drug-likeness (QED) is 0.200. The van der Waals surface area contributed by atoms with E-state index in [-0.39, 0.29) is 17.3 Å². The van der Waals surface area contributed by atoms with E-state index in [0.29, 0.717) is 44.1 Å². The highest BCUT2D eigenvalue weighted by molar-refractivity contribution is 7.94. The Morgan fingerprint density at radius 3 is 2.41 bits per heavy atom. The van der Waals surface area contributed by atoms with E-state index in [9.17, 15) is 13.2 Å². The molecule has 0 aliphatic rings. The highest BCUT2D eigenvalue weighted by Crippen LogP contribution is 2.32. The monoisotopic (exact) mass is 586 g/mol. The molecule has 4 aromatic rings. The van der Waals surface area contributed by atoms with Gasteiger partial charge in [0.1, 0.15) is 12.4 Å². The standard InChI is InChI=1S/C27H23Cl2N3O6S/c1-17-14-26(31-38-17)32-39(34,35)20-10-8-19(9-11-20)30-27(33)13-7-18-6-12-24(25(15-18)36-2)37-16-21-22(28)4-3-5-23(21)29/h3-15H,16H2,1-2H3,(H2,30,31,32,33)/p-1. The van der Waals surface area contributed by atoms with E-state index in [1.165, 1.54) is 43.5 Å². The fraction of sp³-hybridized carbons (Fsp3) is 0.111. The van der Waals surface area contributed by atoms with Gasteiger partial charge in [0.25, 0.3) is 0 Å². The van der Waals surface area contributed by atoms with Crippen LogP contribution in [0.15, 0.2) is 82.2 Å². The average molecular weight is 587 g/mol. The molecule has 0 aliphatic heterocycles. The molecule has 202 valence electrons. The van der Waals surface area contributed by atoms with Crippen LogP contribution < -0.4 is 14.8 Å². The molecule has 0 saturated heterocycles. The topological polar surface area (TPSA) is 122 Å². The fourth-order valence-electron chi connectivity index (χ4n) is 3.37. The number of amides is 1. The number of hydrogen-bond acceptors (Lipinski definition) is 7. The maximum absolute atomic E-state index is 12.4. The lowest BCUT2D eigenvalue weighted by Gasteiger charge is -2.13. The van der Waals surface area contributed by atoms with Gasteiger partial charge in [0.15, 0.2) is 11.5 Å². The third-order valence-corrected chi connectivity index (χ3v) is 7.30. The van der Waals surface area contributed by atoms with Crippen LogP contribution in [-0.2, 0) is 21.4 Å². The Morgan fingerprint density at radius 1 is 1.05 bits per heavy atom. The first-order chi connectivity index (χ1) is 18.6. The zero-order valence-corrected chi connectivity index (χ0v) is 23.0. The van der Waals surface area contributed by atoms with Crippen molar-refractivity contribution >= 4 is 56.7 Å². The van der Waals surface area contributed by atoms with Crippen molar-refractivity contribution in [2.45, 2.75) is 18.4 Å². The molecular formula is C27H22Cl2N3O6S-. The molecule has 0 spiro atoms. The normalized spacial score (nSPS) is 11.4. The Bertz CT molecular complexity index is 1600. The number of nitrogens with zero attached hydrogens (tertiary/aromatic N) is 2. The van der Waals surface area contributed by atoms with Crippen molar-refractivity contribution in [3.63, 3.8) is 0 Å². The number of aromatic nitrogens is 1. The number of rotatable bonds is 10. The van der Waals surface area contributed by atoms with Gasteiger partial charge < -0.3 is 24.0 Å². The SMILES string of the molecule is COc1cc(C=CC(=O)Nc2ccc(S(=O)(=O)[N-]c3cc(C)on3)cc2)ccc1OCc1c(Cl)cccc1Cl. The van der Waals surface area contributed by atoms with Gasteiger partial charge in [-0.05, 0) is 79.0 Å². The number of hydrogen-bond donors (Lipinski definition) is 1. The summed E-state index contributed by atoms with van der Waals surface area (Å²) in [6.07, 6.45) is 2.94. The van der Waals surface area contributed by atoms with Crippen molar-refractivity contribution in [3.8, 4) is 11.5 Å². The summed E-state index contributed by atoms with van der Waals surface area (Å²) < 4.78 is 44.6. The number of ether oxygens (including phenoxy) is 2. The molecule has 0 saturated carbocycles. The number of benzene rings is 3. The number of anilines is 1. The molecule has 1 amide bonds. The summed E-state index contributed by atoms with van der Waals surface area (Å²) in [7, 11) is -2.48. The Balaban J connectivity index is 1.36. The summed E-state index contributed by atoms with van der Waals surface area (Å²) in [5.74, 6) is 0.924. The maximum atomic E-state index is 12.4. The van der Waals surface area contributed by atoms with Gasteiger partial charge in [-0.3, -0.25) is 9.95 Å². The van der Waals surface area contributed by atoms with E-state index >= 15 is 0 Å². The number of carbonyl (C=O) groups excluding carboxylic acids is 1. The van der Waals surface area contributed by atoms with E-state index in [0.717, 1.165) is 0 Å². The van der Waals surface area contributed by atoms with E-state index in [2.05, 4.69) is 15.2 Å². The van der Waals surface area contributed by atoms with E-state index in [1.54, 1.807) is 49.4 Å². The van der Waals surface area contributed by atoms with Crippen LogP contribution in [0.2, 0.25) is 10.0 Å². The van der Waals surface area contributed by atoms with Crippen LogP contribution in [0.25, 0.3) is 10.8 Å². The van der Waals surface area contributed by atoms with Crippen molar-refractivity contribution in [2.24, 2.45) is 0 Å². The number of methoxy groups -OCH3 is 1. The molecule has 0 radical (unpaired) electrons. The second-order valence-corrected chi connectivity index (χ2v) is 10.5. The third-order valence-electron chi connectivity index (χ3n) is 5.30. The van der Waals surface area contributed by atoms with Crippen LogP contribution in [0.1, 0.15) is 16.9 Å². The lowest BCUT2D eigenvalue weighted by Crippen LogP contribution is -2.08. The van der Waals surface area contributed by atoms with Gasteiger partial charge in [-0.25, -0.2) is 8.42 Å². The molecule has 0 atom stereocenters. The summed E-state index contributed by atoms with van der Waals surface area (Å²) in [5.41, 5.74) is 1.75. The molecule has 1 aromatic heterocycles. The van der Waals surface area contributed by atoms with Crippen LogP contribution in [0.4, 0.5) is 11.5 Å². The molecule has 9 nitrogen and oxygen atoms in total. The molecule has 1 N–H and O–H groups in total. The Kier molecular flexibility index (Phi) is 8.80. The van der Waals surface area contributed by atoms with Gasteiger partial charge in [0.2, 0.25) is 15.9 Å². The van der Waals surface area contributed by atoms with Crippen molar-refractivity contribution in [1.29, 1.82) is 0 Å². The summed E-state index contributed by atoms with van der Waals surface area (Å²) >= 11 is 12.4. The number of sulfonamides is 1. The van der Waals surface area contributed by atoms with Crippen molar-refractivity contribution in [3.05, 3.63) is 104 Å². The van der Waals surface area contributed by atoms with Crippen molar-refractivity contribution in [2.75, 3.05) is 12.4 Å². The fourth-order valence-corrected chi connectivity index (χ4v) is 4.79. The summed E-state index contributed by atoms with van der Waals surface area (Å²) in [5, 5.41) is 7.24. The molecule has 0 fully saturated rings. The largest absolute Gasteiger partial charge is 0.493 e. The van der Waals surface area contributed by atoms with Gasteiger partial charge in [-0.2, -0.15) is 0 Å². The van der Waals surface area contributed by atoms with Crippen LogP contribution in [-0.4, -0.2) is 26.6 Å². The third kappa shape index (κ3) is 7.32. The zero-order chi connectivity index (χ0) is 28.0. The molecule has 4 rings (SSSR count). The number of halogens is 2. The minimum Gasteiger partial charge on any atom is -0.493 e. The van der Waals surface area contributed by atoms with Crippen molar-refractivity contribution in [1.82, 2.24) is 5.16 Å². The second kappa shape index (κ2) is 12.2. The van der Waals surface area contributed by atoms with Crippen LogP contribution in [0, 0.1) is 6.92 Å². The molecule has 39 heavy (non-hydrogen) atoms. The van der Waals surface area contributed by atoms with E-state index in [4.69, 9.17) is 37.2 Å². The van der Waals surface area contributed by atoms with Crippen LogP contribution in [0.3, 0.4) is 0 Å². The molecule has 1 heterocycles. The zero-order valence-electron chi connectivity index (χ0n) is 20.7. The van der Waals surface area contributed by atoms with Gasteiger partial charge in [-0.15, -0.1) is 0 Å². The molecule has 0 unspecified atom stereocenters. The second-order valence-electron chi connectivity index (χ2n) is 8.11. The first kappa shape index (κ1) is 28.0. The minimum atomic E-state index is -3.99. The number of nitrogens with one attached hydrogen (secondary N) is 1. The average Bonchev–Trinajstić information content (AvgIpc) is 3.31. The summed E-state index contributed by atoms with van der Waals surface area (Å²) in [6, 6.07) is 17.4. The Morgan fingerprint density at radius 2 is 1.77 bits per heavy atom. The van der Waals surface area contributed by atoms with Gasteiger partial charge in [0, 0.05) is 27.4 Å². The Hall–Kier alpha value is -3.99. The van der Waals surface area contributed by atoms with Gasteiger partial charge >= 0.3 is 0 Å². The van der Waals surface area contributed by atoms with E-state index < -0.39 is 15.9 Å². The number of carbonyl (C=O) groups is 1. The first-order valence-electron chi connectivity index (χ1n) is 11.4. The predicted molar refractivity (Wildman–Crippen MR) is 149 cm³/mol. The van der Waals surface area contributed by atoms with Gasteiger partial charge in [0.05, 0.1) is 12.0 Å². The molecular weight excluding hydrogens is 565 g/mol.